The van der Waals surface area contributed by atoms with Gasteiger partial charge in [-0.1, -0.05) is 30.7 Å². The van der Waals surface area contributed by atoms with Crippen molar-refractivity contribution >= 4 is 0 Å². The largest absolute Gasteiger partial charge is 0.393 e. The second-order valence-corrected chi connectivity index (χ2v) is 5.75. The molecule has 1 aliphatic carbocycles. The van der Waals surface area contributed by atoms with Gasteiger partial charge in [-0.25, -0.2) is 8.78 Å². The van der Waals surface area contributed by atoms with Crippen molar-refractivity contribution in [2.75, 3.05) is 0 Å². The van der Waals surface area contributed by atoms with E-state index in [-0.39, 0.29) is 23.5 Å². The normalized spacial score (nSPS) is 21.9. The van der Waals surface area contributed by atoms with Crippen molar-refractivity contribution in [2.24, 2.45) is 5.92 Å². The van der Waals surface area contributed by atoms with Gasteiger partial charge in [0.25, 0.3) is 0 Å². The van der Waals surface area contributed by atoms with Crippen molar-refractivity contribution in [1.82, 2.24) is 0 Å². The van der Waals surface area contributed by atoms with Gasteiger partial charge in [0.05, 0.1) is 6.10 Å². The number of aliphatic hydroxyl groups is 1. The number of rotatable bonds is 3. The summed E-state index contributed by atoms with van der Waals surface area (Å²) in [6.45, 7) is 0. The fourth-order valence-electron chi connectivity index (χ4n) is 3.44. The Morgan fingerprint density at radius 1 is 0.905 bits per heavy atom. The van der Waals surface area contributed by atoms with Crippen molar-refractivity contribution in [3.8, 4) is 0 Å². The molecule has 1 saturated carbocycles. The molecule has 3 rings (SSSR count). The summed E-state index contributed by atoms with van der Waals surface area (Å²) in [4.78, 5) is 0. The Balaban J connectivity index is 2.06. The molecule has 0 aromatic heterocycles. The molecule has 1 N–H and O–H groups in total. The molecule has 0 spiro atoms. The van der Waals surface area contributed by atoms with Gasteiger partial charge >= 0.3 is 0 Å². The average Bonchev–Trinajstić information content (AvgIpc) is 2.86. The highest BCUT2D eigenvalue weighted by molar-refractivity contribution is 5.34. The Kier molecular flexibility index (Phi) is 4.02. The Bertz CT molecular complexity index is 581. The van der Waals surface area contributed by atoms with Crippen molar-refractivity contribution < 1.29 is 13.9 Å². The second kappa shape index (κ2) is 5.94. The highest BCUT2D eigenvalue weighted by atomic mass is 19.1. The van der Waals surface area contributed by atoms with Gasteiger partial charge in [-0.2, -0.15) is 0 Å². The Morgan fingerprint density at radius 3 is 1.90 bits per heavy atom. The van der Waals surface area contributed by atoms with Crippen molar-refractivity contribution in [2.45, 2.75) is 31.3 Å². The molecule has 0 amide bonds. The first kappa shape index (κ1) is 14.2. The van der Waals surface area contributed by atoms with E-state index < -0.39 is 6.10 Å². The lowest BCUT2D eigenvalue weighted by atomic mass is 9.79. The summed E-state index contributed by atoms with van der Waals surface area (Å²) in [6, 6.07) is 12.8. The van der Waals surface area contributed by atoms with Crippen LogP contribution in [0.3, 0.4) is 0 Å². The first-order valence-electron chi connectivity index (χ1n) is 7.34. The van der Waals surface area contributed by atoms with E-state index in [9.17, 15) is 13.9 Å². The molecular weight excluding hydrogens is 270 g/mol. The van der Waals surface area contributed by atoms with E-state index in [2.05, 4.69) is 0 Å². The lowest BCUT2D eigenvalue weighted by molar-refractivity contribution is 0.124. The lowest BCUT2D eigenvalue weighted by Crippen LogP contribution is -2.22. The minimum absolute atomic E-state index is 0.00796. The molecule has 3 heteroatoms. The number of aliphatic hydroxyl groups excluding tert-OH is 1. The third-order valence-corrected chi connectivity index (χ3v) is 4.38. The zero-order valence-electron chi connectivity index (χ0n) is 11.7. The molecule has 21 heavy (non-hydrogen) atoms. The zero-order chi connectivity index (χ0) is 14.8. The minimum atomic E-state index is -0.415. The van der Waals surface area contributed by atoms with Crippen LogP contribution < -0.4 is 0 Å². The number of hydrogen-bond donors (Lipinski definition) is 1. The molecule has 0 aliphatic heterocycles. The Hall–Kier alpha value is -1.74. The number of hydrogen-bond acceptors (Lipinski definition) is 1. The van der Waals surface area contributed by atoms with Gasteiger partial charge < -0.3 is 5.11 Å². The number of benzene rings is 2. The van der Waals surface area contributed by atoms with Crippen LogP contribution in [-0.2, 0) is 0 Å². The molecular formula is C18H18F2O. The molecule has 0 heterocycles. The van der Waals surface area contributed by atoms with E-state index >= 15 is 0 Å². The summed E-state index contributed by atoms with van der Waals surface area (Å²) in [6.07, 6.45) is 2.17. The first-order valence-corrected chi connectivity index (χ1v) is 7.34. The van der Waals surface area contributed by atoms with Crippen LogP contribution in [0.4, 0.5) is 8.78 Å². The van der Waals surface area contributed by atoms with Gasteiger partial charge in [0.1, 0.15) is 11.6 Å². The van der Waals surface area contributed by atoms with Crippen LogP contribution in [0.1, 0.15) is 36.3 Å². The average molecular weight is 288 g/mol. The van der Waals surface area contributed by atoms with Crippen molar-refractivity contribution in [3.63, 3.8) is 0 Å². The van der Waals surface area contributed by atoms with Gasteiger partial charge in [-0.3, -0.25) is 0 Å². The molecule has 1 fully saturated rings. The summed E-state index contributed by atoms with van der Waals surface area (Å²) in [7, 11) is 0. The van der Waals surface area contributed by atoms with Crippen LogP contribution in [0.25, 0.3) is 0 Å². The van der Waals surface area contributed by atoms with E-state index in [1.165, 1.54) is 24.3 Å². The summed E-state index contributed by atoms with van der Waals surface area (Å²) < 4.78 is 27.1. The highest BCUT2D eigenvalue weighted by Gasteiger charge is 2.34. The highest BCUT2D eigenvalue weighted by Crippen LogP contribution is 2.41. The van der Waals surface area contributed by atoms with Crippen molar-refractivity contribution in [3.05, 3.63) is 71.3 Å². The number of halogens is 2. The van der Waals surface area contributed by atoms with Gasteiger partial charge in [-0.15, -0.1) is 0 Å². The molecule has 2 unspecified atom stereocenters. The quantitative estimate of drug-likeness (QED) is 0.895. The molecule has 2 atom stereocenters. The summed E-state index contributed by atoms with van der Waals surface area (Å²) in [5.74, 6) is -0.773. The molecule has 1 nitrogen and oxygen atoms in total. The van der Waals surface area contributed by atoms with Crippen LogP contribution in [0.2, 0.25) is 0 Å². The smallest absolute Gasteiger partial charge is 0.123 e. The fourth-order valence-corrected chi connectivity index (χ4v) is 3.44. The van der Waals surface area contributed by atoms with E-state index in [1.807, 2.05) is 12.1 Å². The molecule has 110 valence electrons. The summed E-state index contributed by atoms with van der Waals surface area (Å²) in [5, 5.41) is 10.2. The summed E-state index contributed by atoms with van der Waals surface area (Å²) >= 11 is 0. The molecule has 1 aliphatic rings. The minimum Gasteiger partial charge on any atom is -0.393 e. The van der Waals surface area contributed by atoms with Gasteiger partial charge in [0.2, 0.25) is 0 Å². The van der Waals surface area contributed by atoms with E-state index in [0.717, 1.165) is 30.4 Å². The monoisotopic (exact) mass is 288 g/mol. The van der Waals surface area contributed by atoms with Crippen molar-refractivity contribution in [1.29, 1.82) is 0 Å². The predicted octanol–water partition coefficient (Wildman–Crippen LogP) is 4.26. The molecule has 0 radical (unpaired) electrons. The van der Waals surface area contributed by atoms with Gasteiger partial charge in [0, 0.05) is 5.92 Å². The third kappa shape index (κ3) is 2.98. The fraction of sp³-hybridized carbons (Fsp3) is 0.333. The Morgan fingerprint density at radius 2 is 1.48 bits per heavy atom. The predicted molar refractivity (Wildman–Crippen MR) is 78.0 cm³/mol. The second-order valence-electron chi connectivity index (χ2n) is 5.75. The van der Waals surface area contributed by atoms with E-state index in [1.54, 1.807) is 12.1 Å². The Labute approximate surface area is 123 Å². The van der Waals surface area contributed by atoms with Crippen LogP contribution in [-0.4, -0.2) is 11.2 Å². The topological polar surface area (TPSA) is 20.2 Å². The third-order valence-electron chi connectivity index (χ3n) is 4.38. The van der Waals surface area contributed by atoms with Crippen LogP contribution in [0.15, 0.2) is 48.5 Å². The van der Waals surface area contributed by atoms with Gasteiger partial charge in [0.15, 0.2) is 0 Å². The lowest BCUT2D eigenvalue weighted by Gasteiger charge is -2.27. The maximum atomic E-state index is 13.6. The first-order chi connectivity index (χ1) is 10.1. The van der Waals surface area contributed by atoms with Gasteiger partial charge in [-0.05, 0) is 54.2 Å². The molecule has 2 aromatic rings. The maximum Gasteiger partial charge on any atom is 0.123 e. The van der Waals surface area contributed by atoms with E-state index in [0.29, 0.717) is 0 Å². The maximum absolute atomic E-state index is 13.6. The summed E-state index contributed by atoms with van der Waals surface area (Å²) in [5.41, 5.74) is 1.60. The van der Waals surface area contributed by atoms with Crippen LogP contribution in [0.5, 0.6) is 0 Å². The van der Waals surface area contributed by atoms with E-state index in [4.69, 9.17) is 0 Å². The molecule has 0 bridgehead atoms. The van der Waals surface area contributed by atoms with Crippen LogP contribution >= 0.6 is 0 Å². The SMILES string of the molecule is OC1CCCC1C(c1cccc(F)c1)c1cccc(F)c1. The molecule has 2 aromatic carbocycles. The zero-order valence-corrected chi connectivity index (χ0v) is 11.7. The standard InChI is InChI=1S/C18H18F2O/c19-14-6-1-4-12(10-14)18(16-8-3-9-17(16)21)13-5-2-7-15(20)11-13/h1-2,4-7,10-11,16-18,21H,3,8-9H2. The van der Waals surface area contributed by atoms with Crippen LogP contribution in [0, 0.1) is 17.6 Å². The molecule has 0 saturated heterocycles.